The van der Waals surface area contributed by atoms with Crippen LogP contribution in [0.5, 0.6) is 0 Å². The van der Waals surface area contributed by atoms with E-state index in [0.717, 1.165) is 24.8 Å². The summed E-state index contributed by atoms with van der Waals surface area (Å²) in [5, 5.41) is 0. The van der Waals surface area contributed by atoms with Gasteiger partial charge in [0.2, 0.25) is 0 Å². The van der Waals surface area contributed by atoms with Crippen molar-refractivity contribution >= 4 is 10.1 Å². The summed E-state index contributed by atoms with van der Waals surface area (Å²) in [5.74, 6) is 0. The SMILES string of the molecule is CCCCCCCCCC[C@@H](C)OS(=O)(=O)c1ccc(C)cc1. The minimum atomic E-state index is -3.63. The van der Waals surface area contributed by atoms with Crippen molar-refractivity contribution < 1.29 is 12.6 Å². The van der Waals surface area contributed by atoms with E-state index in [9.17, 15) is 8.42 Å². The quantitative estimate of drug-likeness (QED) is 0.366. The smallest absolute Gasteiger partial charge is 0.263 e. The minimum Gasteiger partial charge on any atom is -0.263 e. The molecule has 1 aromatic carbocycles. The molecule has 0 N–H and O–H groups in total. The van der Waals surface area contributed by atoms with Gasteiger partial charge in [0, 0.05) is 0 Å². The van der Waals surface area contributed by atoms with Gasteiger partial charge in [-0.2, -0.15) is 8.42 Å². The second-order valence-electron chi connectivity index (χ2n) is 6.44. The summed E-state index contributed by atoms with van der Waals surface area (Å²) in [6.45, 7) is 6.00. The lowest BCUT2D eigenvalue weighted by atomic mass is 10.1. The molecular weight excluding hydrogens is 308 g/mol. The Hall–Kier alpha value is -0.870. The first-order valence-corrected chi connectivity index (χ1v) is 10.4. The van der Waals surface area contributed by atoms with Crippen molar-refractivity contribution in [1.29, 1.82) is 0 Å². The van der Waals surface area contributed by atoms with Gasteiger partial charge in [0.15, 0.2) is 0 Å². The highest BCUT2D eigenvalue weighted by Gasteiger charge is 2.18. The van der Waals surface area contributed by atoms with Crippen molar-refractivity contribution in [2.45, 2.75) is 89.6 Å². The molecule has 0 heterocycles. The first-order valence-electron chi connectivity index (χ1n) is 8.95. The third-order valence-corrected chi connectivity index (χ3v) is 5.50. The summed E-state index contributed by atoms with van der Waals surface area (Å²) >= 11 is 0. The van der Waals surface area contributed by atoms with E-state index in [1.54, 1.807) is 24.3 Å². The number of hydrogen-bond donors (Lipinski definition) is 0. The van der Waals surface area contributed by atoms with Gasteiger partial charge in [0.05, 0.1) is 11.0 Å². The first-order chi connectivity index (χ1) is 11.0. The molecule has 4 heteroatoms. The molecule has 132 valence electrons. The average molecular weight is 341 g/mol. The Bertz CT molecular complexity index is 520. The molecule has 0 spiro atoms. The molecule has 0 aliphatic heterocycles. The monoisotopic (exact) mass is 340 g/mol. The maximum absolute atomic E-state index is 12.2. The number of rotatable bonds is 12. The predicted octanol–water partition coefficient (Wildman–Crippen LogP) is 5.62. The first kappa shape index (κ1) is 20.2. The molecule has 0 bridgehead atoms. The fourth-order valence-electron chi connectivity index (χ4n) is 2.59. The van der Waals surface area contributed by atoms with Crippen LogP contribution in [0.4, 0.5) is 0 Å². The Morgan fingerprint density at radius 1 is 0.913 bits per heavy atom. The standard InChI is InChI=1S/C19H32O3S/c1-4-5-6-7-8-9-10-11-12-18(3)22-23(20,21)19-15-13-17(2)14-16-19/h13-16,18H,4-12H2,1-3H3/t18-/m1/s1. The maximum Gasteiger partial charge on any atom is 0.297 e. The number of hydrogen-bond acceptors (Lipinski definition) is 3. The van der Waals surface area contributed by atoms with Gasteiger partial charge in [-0.05, 0) is 32.4 Å². The average Bonchev–Trinajstić information content (AvgIpc) is 2.50. The fraction of sp³-hybridized carbons (Fsp3) is 0.684. The van der Waals surface area contributed by atoms with Gasteiger partial charge in [0.1, 0.15) is 0 Å². The van der Waals surface area contributed by atoms with Crippen LogP contribution in [0, 0.1) is 6.92 Å². The van der Waals surface area contributed by atoms with Crippen LogP contribution in [0.1, 0.15) is 77.2 Å². The molecule has 0 saturated carbocycles. The zero-order valence-corrected chi connectivity index (χ0v) is 15.7. The molecule has 23 heavy (non-hydrogen) atoms. The second-order valence-corrected chi connectivity index (χ2v) is 8.01. The second kappa shape index (κ2) is 10.8. The Morgan fingerprint density at radius 3 is 2.00 bits per heavy atom. The van der Waals surface area contributed by atoms with Crippen molar-refractivity contribution in [3.8, 4) is 0 Å². The summed E-state index contributed by atoms with van der Waals surface area (Å²) in [6, 6.07) is 6.79. The van der Waals surface area contributed by atoms with Gasteiger partial charge >= 0.3 is 0 Å². The molecular formula is C19H32O3S. The minimum absolute atomic E-state index is 0.242. The van der Waals surface area contributed by atoms with Crippen LogP contribution in [-0.4, -0.2) is 14.5 Å². The Labute approximate surface area is 142 Å². The predicted molar refractivity (Wildman–Crippen MR) is 96.1 cm³/mol. The molecule has 0 radical (unpaired) electrons. The normalized spacial score (nSPS) is 13.2. The topological polar surface area (TPSA) is 43.4 Å². The van der Waals surface area contributed by atoms with E-state index in [-0.39, 0.29) is 11.0 Å². The van der Waals surface area contributed by atoms with E-state index in [0.29, 0.717) is 0 Å². The Kier molecular flexibility index (Phi) is 9.49. The zero-order valence-electron chi connectivity index (χ0n) is 14.9. The van der Waals surface area contributed by atoms with Crippen molar-refractivity contribution in [2.75, 3.05) is 0 Å². The molecule has 0 aliphatic rings. The van der Waals surface area contributed by atoms with E-state index in [1.807, 2.05) is 13.8 Å². The van der Waals surface area contributed by atoms with Crippen LogP contribution in [0.2, 0.25) is 0 Å². The Balaban J connectivity index is 2.22. The largest absolute Gasteiger partial charge is 0.297 e. The zero-order chi connectivity index (χ0) is 17.1. The van der Waals surface area contributed by atoms with Crippen molar-refractivity contribution in [1.82, 2.24) is 0 Å². The van der Waals surface area contributed by atoms with Crippen LogP contribution in [0.25, 0.3) is 0 Å². The molecule has 1 atom stereocenters. The van der Waals surface area contributed by atoms with Gasteiger partial charge < -0.3 is 0 Å². The Morgan fingerprint density at radius 2 is 1.43 bits per heavy atom. The molecule has 0 unspecified atom stereocenters. The summed E-state index contributed by atoms with van der Waals surface area (Å²) in [7, 11) is -3.63. The van der Waals surface area contributed by atoms with Crippen LogP contribution < -0.4 is 0 Å². The summed E-state index contributed by atoms with van der Waals surface area (Å²) < 4.78 is 29.6. The van der Waals surface area contributed by atoms with Crippen LogP contribution in [0.3, 0.4) is 0 Å². The lowest BCUT2D eigenvalue weighted by Gasteiger charge is -2.13. The highest BCUT2D eigenvalue weighted by molar-refractivity contribution is 7.86. The van der Waals surface area contributed by atoms with Crippen molar-refractivity contribution in [3.63, 3.8) is 0 Å². The maximum atomic E-state index is 12.2. The molecule has 0 saturated heterocycles. The molecule has 3 nitrogen and oxygen atoms in total. The third kappa shape index (κ3) is 8.52. The molecule has 0 fully saturated rings. The third-order valence-electron chi connectivity index (χ3n) is 4.06. The van der Waals surface area contributed by atoms with Gasteiger partial charge in [-0.1, -0.05) is 76.0 Å². The van der Waals surface area contributed by atoms with Gasteiger partial charge in [0.25, 0.3) is 10.1 Å². The van der Waals surface area contributed by atoms with Crippen molar-refractivity contribution in [3.05, 3.63) is 29.8 Å². The lowest BCUT2D eigenvalue weighted by molar-refractivity contribution is 0.213. The fourth-order valence-corrected chi connectivity index (χ4v) is 3.70. The van der Waals surface area contributed by atoms with E-state index < -0.39 is 10.1 Å². The summed E-state index contributed by atoms with van der Waals surface area (Å²) in [6.07, 6.45) is 10.5. The molecule has 0 aromatic heterocycles. The number of unbranched alkanes of at least 4 members (excludes halogenated alkanes) is 7. The van der Waals surface area contributed by atoms with Gasteiger partial charge in [-0.3, -0.25) is 4.18 Å². The molecule has 1 aromatic rings. The number of aryl methyl sites for hydroxylation is 1. The molecule has 1 rings (SSSR count). The van der Waals surface area contributed by atoms with E-state index in [1.165, 1.54) is 38.5 Å². The van der Waals surface area contributed by atoms with Crippen molar-refractivity contribution in [2.24, 2.45) is 0 Å². The highest BCUT2D eigenvalue weighted by atomic mass is 32.2. The van der Waals surface area contributed by atoms with Crippen LogP contribution in [0.15, 0.2) is 29.2 Å². The van der Waals surface area contributed by atoms with Gasteiger partial charge in [-0.15, -0.1) is 0 Å². The van der Waals surface area contributed by atoms with Gasteiger partial charge in [-0.25, -0.2) is 0 Å². The van der Waals surface area contributed by atoms with Crippen LogP contribution >= 0.6 is 0 Å². The van der Waals surface area contributed by atoms with E-state index >= 15 is 0 Å². The van der Waals surface area contributed by atoms with E-state index in [2.05, 4.69) is 6.92 Å². The lowest BCUT2D eigenvalue weighted by Crippen LogP contribution is -2.15. The summed E-state index contributed by atoms with van der Waals surface area (Å²) in [4.78, 5) is 0.242. The highest BCUT2D eigenvalue weighted by Crippen LogP contribution is 2.18. The summed E-state index contributed by atoms with van der Waals surface area (Å²) in [5.41, 5.74) is 1.04. The van der Waals surface area contributed by atoms with Crippen LogP contribution in [-0.2, 0) is 14.3 Å². The van der Waals surface area contributed by atoms with E-state index in [4.69, 9.17) is 4.18 Å². The molecule has 0 amide bonds. The molecule has 0 aliphatic carbocycles. The number of benzene rings is 1.